The summed E-state index contributed by atoms with van der Waals surface area (Å²) in [6.45, 7) is 0. The Balaban J connectivity index is 1.89. The van der Waals surface area contributed by atoms with Crippen LogP contribution in [0.2, 0.25) is 5.02 Å². The number of ether oxygens (including phenoxy) is 2. The molecule has 1 N–H and O–H groups in total. The highest BCUT2D eigenvalue weighted by molar-refractivity contribution is 6.33. The van der Waals surface area contributed by atoms with Gasteiger partial charge in [0, 0.05) is 17.3 Å². The van der Waals surface area contributed by atoms with E-state index < -0.39 is 29.4 Å². The Labute approximate surface area is 172 Å². The van der Waals surface area contributed by atoms with Gasteiger partial charge in [-0.1, -0.05) is 54.1 Å². The number of rotatable bonds is 6. The second kappa shape index (κ2) is 9.21. The van der Waals surface area contributed by atoms with Crippen LogP contribution in [0.1, 0.15) is 22.0 Å². The first-order chi connectivity index (χ1) is 14.0. The fraction of sp³-hybridized carbons (Fsp3) is 0.0909. The number of hydrogen-bond acceptors (Lipinski definition) is 4. The third-order valence-electron chi connectivity index (χ3n) is 4.07. The zero-order valence-electron chi connectivity index (χ0n) is 15.4. The smallest absolute Gasteiger partial charge is 0.343 e. The van der Waals surface area contributed by atoms with Crippen LogP contribution >= 0.6 is 11.6 Å². The summed E-state index contributed by atoms with van der Waals surface area (Å²) in [7, 11) is 1.51. The zero-order valence-corrected chi connectivity index (χ0v) is 16.2. The highest BCUT2D eigenvalue weighted by Crippen LogP contribution is 2.26. The molecule has 3 aromatic rings. The summed E-state index contributed by atoms with van der Waals surface area (Å²) < 4.78 is 24.6. The number of carbonyl (C=O) groups is 2. The van der Waals surface area contributed by atoms with Gasteiger partial charge in [0.2, 0.25) is 6.10 Å². The van der Waals surface area contributed by atoms with Gasteiger partial charge in [-0.3, -0.25) is 4.79 Å². The molecule has 0 radical (unpaired) electrons. The summed E-state index contributed by atoms with van der Waals surface area (Å²) in [6.07, 6.45) is -1.31. The number of benzene rings is 3. The molecule has 0 fully saturated rings. The number of nitrogens with one attached hydrogen (secondary N) is 1. The van der Waals surface area contributed by atoms with Crippen LogP contribution in [0.15, 0.2) is 72.8 Å². The molecule has 3 rings (SSSR count). The van der Waals surface area contributed by atoms with E-state index >= 15 is 0 Å². The van der Waals surface area contributed by atoms with Gasteiger partial charge in [0.25, 0.3) is 5.91 Å². The molecule has 0 saturated carbocycles. The minimum absolute atomic E-state index is 0.102. The predicted octanol–water partition coefficient (Wildman–Crippen LogP) is 5.02. The Morgan fingerprint density at radius 1 is 1.00 bits per heavy atom. The summed E-state index contributed by atoms with van der Waals surface area (Å²) in [5, 5.41) is 2.58. The molecule has 29 heavy (non-hydrogen) atoms. The van der Waals surface area contributed by atoms with Crippen molar-refractivity contribution in [3.05, 3.63) is 94.8 Å². The predicted molar refractivity (Wildman–Crippen MR) is 108 cm³/mol. The molecular formula is C22H17ClFNO4. The van der Waals surface area contributed by atoms with Crippen LogP contribution in [0.4, 0.5) is 10.1 Å². The first-order valence-corrected chi connectivity index (χ1v) is 9.02. The Hall–Kier alpha value is -3.38. The lowest BCUT2D eigenvalue weighted by atomic mass is 10.1. The molecule has 1 amide bonds. The van der Waals surface area contributed by atoms with Crippen LogP contribution < -0.4 is 10.1 Å². The maximum atomic E-state index is 14.1. The molecule has 0 saturated heterocycles. The van der Waals surface area contributed by atoms with Crippen molar-refractivity contribution in [2.45, 2.75) is 6.10 Å². The molecule has 0 aliphatic heterocycles. The van der Waals surface area contributed by atoms with Crippen molar-refractivity contribution in [2.75, 3.05) is 12.4 Å². The summed E-state index contributed by atoms with van der Waals surface area (Å²) in [4.78, 5) is 25.5. The van der Waals surface area contributed by atoms with Gasteiger partial charge in [0.05, 0.1) is 12.1 Å². The molecule has 7 heteroatoms. The van der Waals surface area contributed by atoms with Gasteiger partial charge < -0.3 is 14.8 Å². The second-order valence-corrected chi connectivity index (χ2v) is 6.42. The van der Waals surface area contributed by atoms with Gasteiger partial charge >= 0.3 is 5.97 Å². The lowest BCUT2D eigenvalue weighted by Gasteiger charge is -2.19. The molecule has 0 aliphatic carbocycles. The Bertz CT molecular complexity index is 1010. The molecular weight excluding hydrogens is 397 g/mol. The summed E-state index contributed by atoms with van der Waals surface area (Å²) in [5.41, 5.74) is 0.452. The third kappa shape index (κ3) is 4.92. The van der Waals surface area contributed by atoms with Crippen LogP contribution in [0, 0.1) is 5.82 Å². The first kappa shape index (κ1) is 20.4. The standard InChI is InChI=1S/C22H17ClFNO4/c1-28-16-10-5-9-15(13-16)25-21(26)20(14-7-3-2-4-8-14)29-22(27)19-17(23)11-6-12-18(19)24/h2-13,20H,1H3,(H,25,26)/t20-/m1/s1. The van der Waals surface area contributed by atoms with Crippen molar-refractivity contribution < 1.29 is 23.5 Å². The number of halogens is 2. The van der Waals surface area contributed by atoms with Crippen LogP contribution in [-0.2, 0) is 9.53 Å². The fourth-order valence-electron chi connectivity index (χ4n) is 2.67. The van der Waals surface area contributed by atoms with E-state index in [0.717, 1.165) is 6.07 Å². The monoisotopic (exact) mass is 413 g/mol. The van der Waals surface area contributed by atoms with E-state index in [-0.39, 0.29) is 5.02 Å². The molecule has 0 unspecified atom stereocenters. The topological polar surface area (TPSA) is 64.6 Å². The van der Waals surface area contributed by atoms with Crippen LogP contribution in [-0.4, -0.2) is 19.0 Å². The van der Waals surface area contributed by atoms with Crippen molar-refractivity contribution >= 4 is 29.2 Å². The molecule has 3 aromatic carbocycles. The van der Waals surface area contributed by atoms with Gasteiger partial charge in [0.1, 0.15) is 17.1 Å². The van der Waals surface area contributed by atoms with Crippen molar-refractivity contribution in [2.24, 2.45) is 0 Å². The van der Waals surface area contributed by atoms with E-state index in [1.807, 2.05) is 0 Å². The van der Waals surface area contributed by atoms with Crippen LogP contribution in [0.25, 0.3) is 0 Å². The SMILES string of the molecule is COc1cccc(NC(=O)[C@H](OC(=O)c2c(F)cccc2Cl)c2ccccc2)c1. The van der Waals surface area contributed by atoms with E-state index in [9.17, 15) is 14.0 Å². The molecule has 0 bridgehead atoms. The van der Waals surface area contributed by atoms with E-state index in [2.05, 4.69) is 5.32 Å². The maximum Gasteiger partial charge on any atom is 0.343 e. The average Bonchev–Trinajstić information content (AvgIpc) is 2.72. The number of esters is 1. The van der Waals surface area contributed by atoms with Crippen molar-refractivity contribution in [3.8, 4) is 5.75 Å². The molecule has 1 atom stereocenters. The first-order valence-electron chi connectivity index (χ1n) is 8.64. The molecule has 0 heterocycles. The molecule has 0 aliphatic rings. The van der Waals surface area contributed by atoms with Crippen molar-refractivity contribution in [1.82, 2.24) is 0 Å². The number of hydrogen-bond donors (Lipinski definition) is 1. The minimum atomic E-state index is -1.31. The largest absolute Gasteiger partial charge is 0.497 e. The number of methoxy groups -OCH3 is 1. The summed E-state index contributed by atoms with van der Waals surface area (Å²) in [5.74, 6) is -1.93. The lowest BCUT2D eigenvalue weighted by molar-refractivity contribution is -0.125. The van der Waals surface area contributed by atoms with Crippen LogP contribution in [0.3, 0.4) is 0 Å². The lowest BCUT2D eigenvalue weighted by Crippen LogP contribution is -2.26. The van der Waals surface area contributed by atoms with Gasteiger partial charge in [-0.25, -0.2) is 9.18 Å². The molecule has 0 spiro atoms. The molecule has 5 nitrogen and oxygen atoms in total. The third-order valence-corrected chi connectivity index (χ3v) is 4.38. The highest BCUT2D eigenvalue weighted by atomic mass is 35.5. The summed E-state index contributed by atoms with van der Waals surface area (Å²) >= 11 is 5.94. The number of anilines is 1. The second-order valence-electron chi connectivity index (χ2n) is 6.01. The van der Waals surface area contributed by atoms with E-state index in [0.29, 0.717) is 17.0 Å². The highest BCUT2D eigenvalue weighted by Gasteiger charge is 2.28. The number of carbonyl (C=O) groups excluding carboxylic acids is 2. The Kier molecular flexibility index (Phi) is 6.46. The normalized spacial score (nSPS) is 11.4. The number of amides is 1. The molecule has 148 valence electrons. The Morgan fingerprint density at radius 3 is 2.41 bits per heavy atom. The molecule has 0 aromatic heterocycles. The quantitative estimate of drug-likeness (QED) is 0.576. The van der Waals surface area contributed by atoms with Gasteiger partial charge in [-0.2, -0.15) is 0 Å². The van der Waals surface area contributed by atoms with Gasteiger partial charge in [-0.05, 0) is 24.3 Å². The van der Waals surface area contributed by atoms with Crippen LogP contribution in [0.5, 0.6) is 5.75 Å². The average molecular weight is 414 g/mol. The van der Waals surface area contributed by atoms with Crippen molar-refractivity contribution in [3.63, 3.8) is 0 Å². The van der Waals surface area contributed by atoms with Crippen molar-refractivity contribution in [1.29, 1.82) is 0 Å². The Morgan fingerprint density at radius 2 is 1.72 bits per heavy atom. The van der Waals surface area contributed by atoms with E-state index in [1.165, 1.54) is 19.2 Å². The van der Waals surface area contributed by atoms with Gasteiger partial charge in [-0.15, -0.1) is 0 Å². The van der Waals surface area contributed by atoms with Gasteiger partial charge in [0.15, 0.2) is 0 Å². The van der Waals surface area contributed by atoms with E-state index in [1.54, 1.807) is 54.6 Å². The summed E-state index contributed by atoms with van der Waals surface area (Å²) in [6, 6.07) is 19.0. The van der Waals surface area contributed by atoms with E-state index in [4.69, 9.17) is 21.1 Å². The maximum absolute atomic E-state index is 14.1. The zero-order chi connectivity index (χ0) is 20.8. The minimum Gasteiger partial charge on any atom is -0.497 e. The fourth-order valence-corrected chi connectivity index (χ4v) is 2.91.